The van der Waals surface area contributed by atoms with Gasteiger partial charge in [0.05, 0.1) is 11.6 Å². The van der Waals surface area contributed by atoms with Gasteiger partial charge in [-0.2, -0.15) is 0 Å². The van der Waals surface area contributed by atoms with Crippen LogP contribution in [0.4, 0.5) is 14.5 Å². The molecule has 28 heavy (non-hydrogen) atoms. The van der Waals surface area contributed by atoms with Crippen LogP contribution >= 0.6 is 0 Å². The van der Waals surface area contributed by atoms with E-state index in [1.54, 1.807) is 39.0 Å². The second-order valence-electron chi connectivity index (χ2n) is 7.93. The summed E-state index contributed by atoms with van der Waals surface area (Å²) >= 11 is 0. The lowest BCUT2D eigenvalue weighted by Crippen LogP contribution is -2.33. The molecule has 0 spiro atoms. The molecular weight excluding hydrogens is 364 g/mol. The second-order valence-corrected chi connectivity index (χ2v) is 7.93. The molecule has 1 amide bonds. The van der Waals surface area contributed by atoms with E-state index in [9.17, 15) is 23.5 Å². The van der Waals surface area contributed by atoms with Gasteiger partial charge in [-0.25, -0.2) is 8.78 Å². The molecule has 0 saturated heterocycles. The van der Waals surface area contributed by atoms with Gasteiger partial charge in [0.15, 0.2) is 23.2 Å². The number of carbonyl (C=O) groups excluding carboxylic acids is 2. The van der Waals surface area contributed by atoms with Crippen molar-refractivity contribution in [1.29, 1.82) is 0 Å². The highest BCUT2D eigenvalue weighted by atomic mass is 19.2. The number of aryl methyl sites for hydroxylation is 1. The molecule has 3 rings (SSSR count). The molecule has 0 aliphatic carbocycles. The molecule has 2 aromatic rings. The molecule has 146 valence electrons. The van der Waals surface area contributed by atoms with Gasteiger partial charge in [-0.05, 0) is 24.6 Å². The third-order valence-corrected chi connectivity index (χ3v) is 4.67. The lowest BCUT2D eigenvalue weighted by atomic mass is 9.82. The fourth-order valence-corrected chi connectivity index (χ4v) is 3.30. The minimum atomic E-state index is -1.12. The van der Waals surface area contributed by atoms with Gasteiger partial charge in [0.2, 0.25) is 0 Å². The van der Waals surface area contributed by atoms with Gasteiger partial charge in [-0.1, -0.05) is 50.6 Å². The van der Waals surface area contributed by atoms with Crippen molar-refractivity contribution in [1.82, 2.24) is 0 Å². The number of aliphatic hydroxyl groups is 1. The Morgan fingerprint density at radius 3 is 2.32 bits per heavy atom. The van der Waals surface area contributed by atoms with Gasteiger partial charge in [0.1, 0.15) is 0 Å². The van der Waals surface area contributed by atoms with Crippen LogP contribution in [0.25, 0.3) is 0 Å². The summed E-state index contributed by atoms with van der Waals surface area (Å²) in [6.45, 7) is 6.92. The van der Waals surface area contributed by atoms with Gasteiger partial charge >= 0.3 is 0 Å². The summed E-state index contributed by atoms with van der Waals surface area (Å²) in [5.74, 6) is -4.06. The van der Waals surface area contributed by atoms with E-state index in [0.717, 1.165) is 22.6 Å². The van der Waals surface area contributed by atoms with E-state index in [2.05, 4.69) is 0 Å². The number of halogens is 2. The van der Waals surface area contributed by atoms with Crippen LogP contribution in [0.1, 0.15) is 37.9 Å². The SMILES string of the molecule is Cc1cccc(C2C(C(=O)C(C)(C)C)=C(O)C(=O)N2c2ccc(F)c(F)c2)c1. The first-order chi connectivity index (χ1) is 13.0. The molecular formula is C22H21F2NO3. The third-order valence-electron chi connectivity index (χ3n) is 4.67. The number of nitrogens with zero attached hydrogens (tertiary/aromatic N) is 1. The van der Waals surface area contributed by atoms with Gasteiger partial charge < -0.3 is 5.11 Å². The van der Waals surface area contributed by atoms with E-state index in [1.165, 1.54) is 6.07 Å². The summed E-state index contributed by atoms with van der Waals surface area (Å²) in [6.07, 6.45) is 0. The van der Waals surface area contributed by atoms with Crippen LogP contribution in [0.5, 0.6) is 0 Å². The minimum Gasteiger partial charge on any atom is -0.503 e. The molecule has 0 saturated carbocycles. The molecule has 1 heterocycles. The summed E-state index contributed by atoms with van der Waals surface area (Å²) in [4.78, 5) is 27.1. The summed E-state index contributed by atoms with van der Waals surface area (Å²) < 4.78 is 27.2. The molecule has 6 heteroatoms. The van der Waals surface area contributed by atoms with Crippen LogP contribution in [0.2, 0.25) is 0 Å². The Hall–Kier alpha value is -3.02. The number of amides is 1. The molecule has 0 radical (unpaired) electrons. The van der Waals surface area contributed by atoms with Crippen LogP contribution in [-0.4, -0.2) is 16.8 Å². The van der Waals surface area contributed by atoms with E-state index in [1.807, 2.05) is 13.0 Å². The summed E-state index contributed by atoms with van der Waals surface area (Å²) in [5.41, 5.74) is 0.640. The van der Waals surface area contributed by atoms with E-state index in [-0.39, 0.29) is 11.3 Å². The van der Waals surface area contributed by atoms with Crippen molar-refractivity contribution < 1.29 is 23.5 Å². The molecule has 0 aromatic heterocycles. The Kier molecular flexibility index (Phi) is 4.83. The minimum absolute atomic E-state index is 0.0483. The van der Waals surface area contributed by atoms with Crippen molar-refractivity contribution in [3.63, 3.8) is 0 Å². The van der Waals surface area contributed by atoms with Gasteiger partial charge in [0.25, 0.3) is 5.91 Å². The highest BCUT2D eigenvalue weighted by Gasteiger charge is 2.46. The fraction of sp³-hybridized carbons (Fsp3) is 0.273. The van der Waals surface area contributed by atoms with Gasteiger partial charge in [-0.15, -0.1) is 0 Å². The monoisotopic (exact) mass is 385 g/mol. The predicted octanol–water partition coefficient (Wildman–Crippen LogP) is 4.79. The summed E-state index contributed by atoms with van der Waals surface area (Å²) in [6, 6.07) is 9.25. The van der Waals surface area contributed by atoms with Crippen molar-refractivity contribution in [3.05, 3.63) is 76.6 Å². The van der Waals surface area contributed by atoms with Gasteiger partial charge in [-0.3, -0.25) is 14.5 Å². The Bertz CT molecular complexity index is 1010. The molecule has 0 fully saturated rings. The Morgan fingerprint density at radius 1 is 1.07 bits per heavy atom. The number of benzene rings is 2. The van der Waals surface area contributed by atoms with Gasteiger partial charge in [0, 0.05) is 17.2 Å². The molecule has 4 nitrogen and oxygen atoms in total. The van der Waals surface area contributed by atoms with E-state index < -0.39 is 40.5 Å². The first-order valence-corrected chi connectivity index (χ1v) is 8.85. The topological polar surface area (TPSA) is 57.6 Å². The molecule has 1 unspecified atom stereocenters. The quantitative estimate of drug-likeness (QED) is 0.827. The molecule has 0 bridgehead atoms. The fourth-order valence-electron chi connectivity index (χ4n) is 3.30. The largest absolute Gasteiger partial charge is 0.503 e. The van der Waals surface area contributed by atoms with Crippen LogP contribution in [0, 0.1) is 24.0 Å². The number of hydrogen-bond acceptors (Lipinski definition) is 3. The molecule has 1 aliphatic heterocycles. The maximum absolute atomic E-state index is 13.8. The van der Waals surface area contributed by atoms with E-state index >= 15 is 0 Å². The Labute approximate surface area is 162 Å². The number of carbonyl (C=O) groups is 2. The number of ketones is 1. The van der Waals surface area contributed by atoms with Crippen LogP contribution in [0.15, 0.2) is 53.8 Å². The van der Waals surface area contributed by atoms with E-state index in [4.69, 9.17) is 0 Å². The van der Waals surface area contributed by atoms with Crippen LogP contribution in [-0.2, 0) is 9.59 Å². The second kappa shape index (κ2) is 6.86. The zero-order chi connectivity index (χ0) is 20.8. The average molecular weight is 385 g/mol. The molecule has 1 atom stereocenters. The number of Topliss-reactive ketones (excluding diaryl/α,β-unsaturated/α-hetero) is 1. The standard InChI is InChI=1S/C22H21F2NO3/c1-12-6-5-7-13(10-12)18-17(20(27)22(2,3)4)19(26)21(28)25(18)14-8-9-15(23)16(24)11-14/h5-11,18,26H,1-4H3. The molecule has 1 N–H and O–H groups in total. The first-order valence-electron chi connectivity index (χ1n) is 8.85. The number of anilines is 1. The van der Waals surface area contributed by atoms with Crippen LogP contribution in [0.3, 0.4) is 0 Å². The number of rotatable bonds is 3. The Balaban J connectivity index is 2.23. The predicted molar refractivity (Wildman–Crippen MR) is 102 cm³/mol. The molecule has 2 aromatic carbocycles. The lowest BCUT2D eigenvalue weighted by molar-refractivity contribution is -0.123. The highest BCUT2D eigenvalue weighted by Crippen LogP contribution is 2.43. The summed E-state index contributed by atoms with van der Waals surface area (Å²) in [5, 5.41) is 10.5. The van der Waals surface area contributed by atoms with Crippen molar-refractivity contribution in [2.75, 3.05) is 4.90 Å². The Morgan fingerprint density at radius 2 is 1.75 bits per heavy atom. The average Bonchev–Trinajstić information content (AvgIpc) is 2.87. The maximum atomic E-state index is 13.8. The normalized spacial score (nSPS) is 17.4. The van der Waals surface area contributed by atoms with E-state index in [0.29, 0.717) is 5.56 Å². The zero-order valence-electron chi connectivity index (χ0n) is 16.1. The van der Waals surface area contributed by atoms with Crippen molar-refractivity contribution in [2.24, 2.45) is 5.41 Å². The maximum Gasteiger partial charge on any atom is 0.294 e. The van der Waals surface area contributed by atoms with Crippen molar-refractivity contribution in [3.8, 4) is 0 Å². The van der Waals surface area contributed by atoms with Crippen LogP contribution < -0.4 is 4.90 Å². The van der Waals surface area contributed by atoms with Crippen molar-refractivity contribution in [2.45, 2.75) is 33.7 Å². The highest BCUT2D eigenvalue weighted by molar-refractivity contribution is 6.17. The van der Waals surface area contributed by atoms with Crippen molar-refractivity contribution >= 4 is 17.4 Å². The zero-order valence-corrected chi connectivity index (χ0v) is 16.1. The first kappa shape index (κ1) is 19.7. The lowest BCUT2D eigenvalue weighted by Gasteiger charge is -2.29. The smallest absolute Gasteiger partial charge is 0.294 e. The summed E-state index contributed by atoms with van der Waals surface area (Å²) in [7, 11) is 0. The number of hydrogen-bond donors (Lipinski definition) is 1. The molecule has 1 aliphatic rings. The number of aliphatic hydroxyl groups excluding tert-OH is 1. The third kappa shape index (κ3) is 3.30.